The van der Waals surface area contributed by atoms with E-state index in [2.05, 4.69) is 37.1 Å². The minimum atomic E-state index is -3.53. The summed E-state index contributed by atoms with van der Waals surface area (Å²) in [4.78, 5) is 17.9. The lowest BCUT2D eigenvalue weighted by atomic mass is 9.89. The van der Waals surface area contributed by atoms with Crippen LogP contribution in [0.25, 0.3) is 6.08 Å². The number of ether oxygens (including phenoxy) is 1. The Morgan fingerprint density at radius 1 is 1.06 bits per heavy atom. The Morgan fingerprint density at radius 2 is 1.77 bits per heavy atom. The number of hydrogen-bond donors (Lipinski definition) is 0. The average molecular weight is 518 g/mol. The van der Waals surface area contributed by atoms with E-state index in [-0.39, 0.29) is 29.3 Å². The standard InChI is InChI=1S/C26H31N3O4S.ClH/c1-19-3-9-24-22(17-19)23-18-27(2)12-11-25(23)29(24)26(30)10-6-20-4-7-21(8-5-20)34(31,32)28-13-15-33-16-14-28;/h3-10,17,23,25H,11-16,18H2,1-2H3;1H. The zero-order valence-corrected chi connectivity index (χ0v) is 21.7. The second kappa shape index (κ2) is 10.4. The molecule has 2 saturated heterocycles. The van der Waals surface area contributed by atoms with Gasteiger partial charge in [-0.05, 0) is 62.3 Å². The summed E-state index contributed by atoms with van der Waals surface area (Å²) in [7, 11) is -1.39. The number of sulfonamides is 1. The van der Waals surface area contributed by atoms with Gasteiger partial charge in [0.1, 0.15) is 0 Å². The number of hydrogen-bond acceptors (Lipinski definition) is 5. The van der Waals surface area contributed by atoms with Crippen LogP contribution in [0, 0.1) is 6.92 Å². The van der Waals surface area contributed by atoms with Gasteiger partial charge in [-0.15, -0.1) is 12.4 Å². The van der Waals surface area contributed by atoms with Crippen LogP contribution in [0.2, 0.25) is 0 Å². The number of likely N-dealkylation sites (tertiary alicyclic amines) is 1. The number of carbonyl (C=O) groups excluding carboxylic acids is 1. The molecule has 35 heavy (non-hydrogen) atoms. The maximum atomic E-state index is 13.3. The molecule has 2 aromatic rings. The second-order valence-corrected chi connectivity index (χ2v) is 11.4. The first-order chi connectivity index (χ1) is 16.3. The Labute approximate surface area is 213 Å². The van der Waals surface area contributed by atoms with Gasteiger partial charge in [0.15, 0.2) is 0 Å². The first-order valence-electron chi connectivity index (χ1n) is 11.8. The Kier molecular flexibility index (Phi) is 7.68. The van der Waals surface area contributed by atoms with Crippen LogP contribution in [0.5, 0.6) is 0 Å². The Bertz CT molecular complexity index is 1210. The van der Waals surface area contributed by atoms with Gasteiger partial charge in [0, 0.05) is 43.4 Å². The zero-order valence-electron chi connectivity index (χ0n) is 20.1. The molecule has 3 aliphatic heterocycles. The van der Waals surface area contributed by atoms with Crippen molar-refractivity contribution in [2.45, 2.75) is 30.2 Å². The fourth-order valence-electron chi connectivity index (χ4n) is 5.30. The smallest absolute Gasteiger partial charge is 0.251 e. The molecule has 0 N–H and O–H groups in total. The predicted octanol–water partition coefficient (Wildman–Crippen LogP) is 3.29. The third-order valence-electron chi connectivity index (χ3n) is 7.10. The van der Waals surface area contributed by atoms with E-state index < -0.39 is 10.0 Å². The predicted molar refractivity (Wildman–Crippen MR) is 140 cm³/mol. The summed E-state index contributed by atoms with van der Waals surface area (Å²) >= 11 is 0. The molecule has 9 heteroatoms. The molecule has 1 amide bonds. The van der Waals surface area contributed by atoms with Crippen LogP contribution in [0.1, 0.15) is 29.0 Å². The number of piperidine rings is 1. The van der Waals surface area contributed by atoms with Crippen LogP contribution < -0.4 is 4.90 Å². The van der Waals surface area contributed by atoms with Crippen LogP contribution in [0.3, 0.4) is 0 Å². The first-order valence-corrected chi connectivity index (χ1v) is 13.3. The fourth-order valence-corrected chi connectivity index (χ4v) is 6.71. The molecule has 0 radical (unpaired) electrons. The topological polar surface area (TPSA) is 70.2 Å². The van der Waals surface area contributed by atoms with Crippen LogP contribution in [-0.2, 0) is 19.6 Å². The van der Waals surface area contributed by atoms with Crippen molar-refractivity contribution in [3.63, 3.8) is 0 Å². The van der Waals surface area contributed by atoms with Gasteiger partial charge in [-0.3, -0.25) is 4.79 Å². The van der Waals surface area contributed by atoms with Crippen molar-refractivity contribution in [2.75, 3.05) is 51.3 Å². The molecule has 2 aromatic carbocycles. The van der Waals surface area contributed by atoms with E-state index in [0.29, 0.717) is 32.2 Å². The lowest BCUT2D eigenvalue weighted by molar-refractivity contribution is -0.114. The normalized spacial score (nSPS) is 23.1. The van der Waals surface area contributed by atoms with E-state index in [4.69, 9.17) is 4.74 Å². The van der Waals surface area contributed by atoms with E-state index in [1.54, 1.807) is 36.4 Å². The molecule has 0 aliphatic carbocycles. The summed E-state index contributed by atoms with van der Waals surface area (Å²) in [6.45, 7) is 5.59. The summed E-state index contributed by atoms with van der Waals surface area (Å²) in [5.74, 6) is 0.294. The highest BCUT2D eigenvalue weighted by molar-refractivity contribution is 7.89. The molecule has 5 rings (SSSR count). The number of aryl methyl sites for hydroxylation is 1. The summed E-state index contributed by atoms with van der Waals surface area (Å²) in [6.07, 6.45) is 4.32. The molecule has 3 heterocycles. The van der Waals surface area contributed by atoms with E-state index in [9.17, 15) is 13.2 Å². The molecule has 7 nitrogen and oxygen atoms in total. The summed E-state index contributed by atoms with van der Waals surface area (Å²) < 4.78 is 32.4. The minimum absolute atomic E-state index is 0. The van der Waals surface area contributed by atoms with Crippen molar-refractivity contribution >= 4 is 40.1 Å². The highest BCUT2D eigenvalue weighted by atomic mass is 35.5. The molecule has 0 aromatic heterocycles. The minimum Gasteiger partial charge on any atom is -0.379 e. The van der Waals surface area contributed by atoms with Gasteiger partial charge in [-0.2, -0.15) is 4.31 Å². The molecule has 2 fully saturated rings. The van der Waals surface area contributed by atoms with E-state index in [1.807, 2.05) is 4.90 Å². The number of rotatable bonds is 4. The van der Waals surface area contributed by atoms with Crippen LogP contribution in [0.4, 0.5) is 5.69 Å². The number of benzene rings is 2. The SMILES string of the molecule is Cc1ccc2c(c1)C1CN(C)CCC1N2C(=O)C=Cc1ccc(S(=O)(=O)N2CCOCC2)cc1.Cl. The zero-order chi connectivity index (χ0) is 23.9. The van der Waals surface area contributed by atoms with E-state index >= 15 is 0 Å². The van der Waals surface area contributed by atoms with Crippen molar-refractivity contribution in [1.82, 2.24) is 9.21 Å². The summed E-state index contributed by atoms with van der Waals surface area (Å²) in [6, 6.07) is 13.2. The highest BCUT2D eigenvalue weighted by Crippen LogP contribution is 2.45. The third kappa shape index (κ3) is 5.04. The molecule has 0 saturated carbocycles. The molecular formula is C26H32ClN3O4S. The molecular weight excluding hydrogens is 486 g/mol. The lowest BCUT2D eigenvalue weighted by Gasteiger charge is -2.36. The molecule has 2 unspecified atom stereocenters. The van der Waals surface area contributed by atoms with Gasteiger partial charge in [0.05, 0.1) is 18.1 Å². The van der Waals surface area contributed by atoms with Gasteiger partial charge < -0.3 is 14.5 Å². The van der Waals surface area contributed by atoms with Gasteiger partial charge in [0.25, 0.3) is 5.91 Å². The van der Waals surface area contributed by atoms with Gasteiger partial charge in [-0.1, -0.05) is 29.8 Å². The van der Waals surface area contributed by atoms with Crippen molar-refractivity contribution in [2.24, 2.45) is 0 Å². The Balaban J connectivity index is 0.00000289. The van der Waals surface area contributed by atoms with Gasteiger partial charge in [-0.25, -0.2) is 8.42 Å². The number of anilines is 1. The number of halogens is 1. The number of amides is 1. The quantitative estimate of drug-likeness (QED) is 0.582. The van der Waals surface area contributed by atoms with Crippen molar-refractivity contribution in [1.29, 1.82) is 0 Å². The lowest BCUT2D eigenvalue weighted by Crippen LogP contribution is -2.46. The number of nitrogens with zero attached hydrogens (tertiary/aromatic N) is 3. The van der Waals surface area contributed by atoms with Crippen molar-refractivity contribution in [3.05, 3.63) is 65.2 Å². The largest absolute Gasteiger partial charge is 0.379 e. The van der Waals surface area contributed by atoms with Crippen LogP contribution in [-0.4, -0.2) is 76.0 Å². The Morgan fingerprint density at radius 3 is 2.49 bits per heavy atom. The molecule has 3 aliphatic rings. The molecule has 0 bridgehead atoms. The number of morpholine rings is 1. The summed E-state index contributed by atoms with van der Waals surface area (Å²) in [5, 5.41) is 0. The van der Waals surface area contributed by atoms with Gasteiger partial charge >= 0.3 is 0 Å². The summed E-state index contributed by atoms with van der Waals surface area (Å²) in [5.41, 5.74) is 4.27. The number of likely N-dealkylation sites (N-methyl/N-ethyl adjacent to an activating group) is 1. The first kappa shape index (κ1) is 25.9. The fraction of sp³-hybridized carbons (Fsp3) is 0.423. The maximum Gasteiger partial charge on any atom is 0.251 e. The van der Waals surface area contributed by atoms with Crippen molar-refractivity contribution < 1.29 is 17.9 Å². The van der Waals surface area contributed by atoms with Crippen molar-refractivity contribution in [3.8, 4) is 0 Å². The number of fused-ring (bicyclic) bond motifs is 3. The maximum absolute atomic E-state index is 13.3. The molecule has 2 atom stereocenters. The number of carbonyl (C=O) groups is 1. The van der Waals surface area contributed by atoms with E-state index in [0.717, 1.165) is 30.8 Å². The van der Waals surface area contributed by atoms with Crippen LogP contribution >= 0.6 is 12.4 Å². The van der Waals surface area contributed by atoms with Crippen LogP contribution in [0.15, 0.2) is 53.4 Å². The third-order valence-corrected chi connectivity index (χ3v) is 9.01. The van der Waals surface area contributed by atoms with Gasteiger partial charge in [0.2, 0.25) is 10.0 Å². The average Bonchev–Trinajstić information content (AvgIpc) is 3.16. The molecule has 0 spiro atoms. The highest BCUT2D eigenvalue weighted by Gasteiger charge is 2.43. The van der Waals surface area contributed by atoms with E-state index in [1.165, 1.54) is 15.4 Å². The second-order valence-electron chi connectivity index (χ2n) is 9.41. The Hall–Kier alpha value is -2.23. The molecule has 188 valence electrons. The monoisotopic (exact) mass is 517 g/mol.